The monoisotopic (exact) mass is 238 g/mol. The van der Waals surface area contributed by atoms with Crippen molar-refractivity contribution in [2.75, 3.05) is 0 Å². The van der Waals surface area contributed by atoms with Gasteiger partial charge in [0, 0.05) is 0 Å². The molecule has 0 bridgehead atoms. The SMILES string of the molecule is CCCc1cccc(C)c1-c1cc(C)cc(C)c1. The van der Waals surface area contributed by atoms with E-state index in [1.807, 2.05) is 0 Å². The van der Waals surface area contributed by atoms with Crippen LogP contribution in [0.25, 0.3) is 11.1 Å². The zero-order valence-corrected chi connectivity index (χ0v) is 11.9. The third kappa shape index (κ3) is 2.64. The van der Waals surface area contributed by atoms with E-state index in [1.54, 1.807) is 0 Å². The highest BCUT2D eigenvalue weighted by atomic mass is 14.1. The number of rotatable bonds is 3. The highest BCUT2D eigenvalue weighted by Crippen LogP contribution is 2.29. The summed E-state index contributed by atoms with van der Waals surface area (Å²) in [5.41, 5.74) is 8.35. The first-order valence-corrected chi connectivity index (χ1v) is 6.79. The Morgan fingerprint density at radius 1 is 0.889 bits per heavy atom. The lowest BCUT2D eigenvalue weighted by atomic mass is 9.91. The minimum absolute atomic E-state index is 1.16. The van der Waals surface area contributed by atoms with E-state index in [2.05, 4.69) is 64.1 Å². The third-order valence-corrected chi connectivity index (χ3v) is 3.39. The second-order valence-electron chi connectivity index (χ2n) is 5.24. The van der Waals surface area contributed by atoms with Gasteiger partial charge in [0.15, 0.2) is 0 Å². The predicted octanol–water partition coefficient (Wildman–Crippen LogP) is 5.23. The second-order valence-corrected chi connectivity index (χ2v) is 5.24. The van der Waals surface area contributed by atoms with E-state index in [1.165, 1.54) is 39.8 Å². The van der Waals surface area contributed by atoms with E-state index < -0.39 is 0 Å². The number of hydrogen-bond donors (Lipinski definition) is 0. The minimum Gasteiger partial charge on any atom is -0.0651 e. The van der Waals surface area contributed by atoms with Crippen molar-refractivity contribution in [3.8, 4) is 11.1 Å². The molecule has 0 radical (unpaired) electrons. The van der Waals surface area contributed by atoms with Crippen molar-refractivity contribution in [1.82, 2.24) is 0 Å². The van der Waals surface area contributed by atoms with Gasteiger partial charge in [0.25, 0.3) is 0 Å². The van der Waals surface area contributed by atoms with Gasteiger partial charge >= 0.3 is 0 Å². The van der Waals surface area contributed by atoms with Crippen LogP contribution in [0.4, 0.5) is 0 Å². The summed E-state index contributed by atoms with van der Waals surface area (Å²) in [7, 11) is 0. The van der Waals surface area contributed by atoms with Crippen LogP contribution in [0.1, 0.15) is 35.6 Å². The Kier molecular flexibility index (Phi) is 3.86. The van der Waals surface area contributed by atoms with Gasteiger partial charge in [-0.2, -0.15) is 0 Å². The van der Waals surface area contributed by atoms with Crippen LogP contribution in [0, 0.1) is 20.8 Å². The molecule has 0 fully saturated rings. The zero-order valence-electron chi connectivity index (χ0n) is 11.9. The summed E-state index contributed by atoms with van der Waals surface area (Å²) in [5, 5.41) is 0. The van der Waals surface area contributed by atoms with Crippen molar-refractivity contribution in [3.63, 3.8) is 0 Å². The summed E-state index contributed by atoms with van der Waals surface area (Å²) < 4.78 is 0. The molecule has 0 aliphatic carbocycles. The average Bonchev–Trinajstić information content (AvgIpc) is 2.28. The van der Waals surface area contributed by atoms with Crippen LogP contribution in [0.2, 0.25) is 0 Å². The van der Waals surface area contributed by atoms with Crippen molar-refractivity contribution in [2.45, 2.75) is 40.5 Å². The molecule has 0 N–H and O–H groups in total. The van der Waals surface area contributed by atoms with Gasteiger partial charge in [0.05, 0.1) is 0 Å². The number of aryl methyl sites for hydroxylation is 4. The highest BCUT2D eigenvalue weighted by Gasteiger charge is 2.08. The van der Waals surface area contributed by atoms with Crippen LogP contribution < -0.4 is 0 Å². The molecule has 0 saturated carbocycles. The van der Waals surface area contributed by atoms with E-state index in [-0.39, 0.29) is 0 Å². The summed E-state index contributed by atoms with van der Waals surface area (Å²) in [5.74, 6) is 0. The largest absolute Gasteiger partial charge is 0.0651 e. The normalized spacial score (nSPS) is 10.7. The van der Waals surface area contributed by atoms with Gasteiger partial charge in [-0.15, -0.1) is 0 Å². The maximum Gasteiger partial charge on any atom is -0.0122 e. The Hall–Kier alpha value is -1.56. The smallest absolute Gasteiger partial charge is 0.0122 e. The summed E-state index contributed by atoms with van der Waals surface area (Å²) in [6.07, 6.45) is 2.35. The Morgan fingerprint density at radius 2 is 1.56 bits per heavy atom. The quantitative estimate of drug-likeness (QED) is 0.686. The first-order chi connectivity index (χ1) is 8.61. The van der Waals surface area contributed by atoms with Gasteiger partial charge in [-0.25, -0.2) is 0 Å². The standard InChI is InChI=1S/C18H22/c1-5-7-16-9-6-8-15(4)18(16)17-11-13(2)10-14(3)12-17/h6,8-12H,5,7H2,1-4H3. The van der Waals surface area contributed by atoms with E-state index in [9.17, 15) is 0 Å². The number of benzene rings is 2. The van der Waals surface area contributed by atoms with Crippen molar-refractivity contribution >= 4 is 0 Å². The fourth-order valence-electron chi connectivity index (χ4n) is 2.74. The molecule has 2 aromatic rings. The molecule has 0 amide bonds. The Morgan fingerprint density at radius 3 is 2.17 bits per heavy atom. The molecule has 0 nitrogen and oxygen atoms in total. The van der Waals surface area contributed by atoms with Gasteiger partial charge in [-0.3, -0.25) is 0 Å². The van der Waals surface area contributed by atoms with Crippen LogP contribution in [0.3, 0.4) is 0 Å². The summed E-state index contributed by atoms with van der Waals surface area (Å²) >= 11 is 0. The lowest BCUT2D eigenvalue weighted by molar-refractivity contribution is 0.922. The summed E-state index contributed by atoms with van der Waals surface area (Å²) in [4.78, 5) is 0. The molecule has 0 heteroatoms. The van der Waals surface area contributed by atoms with E-state index in [4.69, 9.17) is 0 Å². The summed E-state index contributed by atoms with van der Waals surface area (Å²) in [6.45, 7) is 8.81. The second kappa shape index (κ2) is 5.39. The lowest BCUT2D eigenvalue weighted by Gasteiger charge is -2.14. The molecule has 2 rings (SSSR count). The minimum atomic E-state index is 1.16. The maximum atomic E-state index is 2.30. The Labute approximate surface area is 111 Å². The van der Waals surface area contributed by atoms with Crippen LogP contribution in [0.5, 0.6) is 0 Å². The topological polar surface area (TPSA) is 0 Å². The van der Waals surface area contributed by atoms with Crippen LogP contribution >= 0.6 is 0 Å². The molecular weight excluding hydrogens is 216 g/mol. The lowest BCUT2D eigenvalue weighted by Crippen LogP contribution is -1.93. The molecule has 0 atom stereocenters. The highest BCUT2D eigenvalue weighted by molar-refractivity contribution is 5.72. The van der Waals surface area contributed by atoms with Gasteiger partial charge in [-0.1, -0.05) is 60.9 Å². The van der Waals surface area contributed by atoms with Crippen molar-refractivity contribution in [2.24, 2.45) is 0 Å². The first kappa shape index (κ1) is 12.9. The Balaban J connectivity index is 2.61. The van der Waals surface area contributed by atoms with Crippen molar-refractivity contribution < 1.29 is 0 Å². The van der Waals surface area contributed by atoms with Crippen molar-refractivity contribution in [3.05, 3.63) is 58.7 Å². The maximum absolute atomic E-state index is 2.30. The molecule has 0 aromatic heterocycles. The Bertz CT molecular complexity index is 530. The van der Waals surface area contributed by atoms with Gasteiger partial charge in [-0.05, 0) is 49.4 Å². The molecule has 94 valence electrons. The molecule has 0 saturated heterocycles. The van der Waals surface area contributed by atoms with E-state index >= 15 is 0 Å². The number of hydrogen-bond acceptors (Lipinski definition) is 0. The van der Waals surface area contributed by atoms with E-state index in [0.717, 1.165) is 6.42 Å². The average molecular weight is 238 g/mol. The van der Waals surface area contributed by atoms with E-state index in [0.29, 0.717) is 0 Å². The molecule has 2 aromatic carbocycles. The molecule has 0 unspecified atom stereocenters. The van der Waals surface area contributed by atoms with Gasteiger partial charge in [0.1, 0.15) is 0 Å². The van der Waals surface area contributed by atoms with Crippen molar-refractivity contribution in [1.29, 1.82) is 0 Å². The fraction of sp³-hybridized carbons (Fsp3) is 0.333. The van der Waals surface area contributed by atoms with Crippen LogP contribution in [-0.4, -0.2) is 0 Å². The fourth-order valence-corrected chi connectivity index (χ4v) is 2.74. The molecule has 0 spiro atoms. The van der Waals surface area contributed by atoms with Crippen LogP contribution in [0.15, 0.2) is 36.4 Å². The van der Waals surface area contributed by atoms with Gasteiger partial charge in [0.2, 0.25) is 0 Å². The first-order valence-electron chi connectivity index (χ1n) is 6.79. The molecule has 0 aliphatic rings. The van der Waals surface area contributed by atoms with Gasteiger partial charge < -0.3 is 0 Å². The third-order valence-electron chi connectivity index (χ3n) is 3.39. The zero-order chi connectivity index (χ0) is 13.1. The predicted molar refractivity (Wildman–Crippen MR) is 80.1 cm³/mol. The molecule has 18 heavy (non-hydrogen) atoms. The summed E-state index contributed by atoms with van der Waals surface area (Å²) in [6, 6.07) is 13.5. The molecule has 0 heterocycles. The van der Waals surface area contributed by atoms with Crippen LogP contribution in [-0.2, 0) is 6.42 Å². The molecular formula is C18H22. The molecule has 0 aliphatic heterocycles.